The van der Waals surface area contributed by atoms with Crippen LogP contribution in [0.25, 0.3) is 0 Å². The van der Waals surface area contributed by atoms with Crippen LogP contribution in [0.4, 0.5) is 0 Å². The molecule has 1 saturated heterocycles. The average Bonchev–Trinajstić information content (AvgIpc) is 1.91. The minimum atomic E-state index is 0.760. The molecular weight excluding hydrogens is 112 g/mol. The van der Waals surface area contributed by atoms with E-state index in [1.54, 1.807) is 0 Å². The van der Waals surface area contributed by atoms with Gasteiger partial charge in [0.15, 0.2) is 0 Å². The minimum Gasteiger partial charge on any atom is -0.381 e. The van der Waals surface area contributed by atoms with Gasteiger partial charge in [-0.05, 0) is 25.2 Å². The van der Waals surface area contributed by atoms with Crippen LogP contribution in [0.5, 0.6) is 0 Å². The van der Waals surface area contributed by atoms with Crippen molar-refractivity contribution in [3.8, 4) is 0 Å². The molecule has 1 heterocycles. The number of rotatable bonds is 2. The van der Waals surface area contributed by atoms with Gasteiger partial charge in [0.25, 0.3) is 0 Å². The molecule has 0 radical (unpaired) electrons. The molecule has 52 valence electrons. The van der Waals surface area contributed by atoms with E-state index in [1.165, 1.54) is 12.8 Å². The number of hydrogen-bond acceptors (Lipinski definition) is 1. The highest BCUT2D eigenvalue weighted by molar-refractivity contribution is 4.74. The summed E-state index contributed by atoms with van der Waals surface area (Å²) in [7, 11) is 0. The summed E-state index contributed by atoms with van der Waals surface area (Å²) in [5, 5.41) is 0. The van der Waals surface area contributed by atoms with E-state index in [0.717, 1.165) is 25.6 Å². The van der Waals surface area contributed by atoms with Gasteiger partial charge < -0.3 is 4.74 Å². The van der Waals surface area contributed by atoms with E-state index in [0.29, 0.717) is 0 Å². The van der Waals surface area contributed by atoms with Gasteiger partial charge in [0.1, 0.15) is 0 Å². The molecule has 0 aromatic carbocycles. The molecule has 0 bridgehead atoms. The molecule has 0 amide bonds. The standard InChI is InChI=1S/C8H14O/c1-2-4-8-5-3-6-9-7-8/h2,8H,1,3-7H2/t8-/m0/s1. The first-order valence-electron chi connectivity index (χ1n) is 3.62. The lowest BCUT2D eigenvalue weighted by atomic mass is 9.99. The molecule has 1 heteroatoms. The van der Waals surface area contributed by atoms with Gasteiger partial charge in [-0.15, -0.1) is 6.58 Å². The molecule has 9 heavy (non-hydrogen) atoms. The normalized spacial score (nSPS) is 27.8. The van der Waals surface area contributed by atoms with Crippen molar-refractivity contribution in [3.05, 3.63) is 12.7 Å². The summed E-state index contributed by atoms with van der Waals surface area (Å²) in [5.74, 6) is 0.760. The summed E-state index contributed by atoms with van der Waals surface area (Å²) in [6, 6.07) is 0. The van der Waals surface area contributed by atoms with E-state index in [-0.39, 0.29) is 0 Å². The fourth-order valence-corrected chi connectivity index (χ4v) is 1.23. The highest BCUT2D eigenvalue weighted by Crippen LogP contribution is 2.16. The Hall–Kier alpha value is -0.300. The molecule has 1 fully saturated rings. The quantitative estimate of drug-likeness (QED) is 0.514. The third-order valence-corrected chi connectivity index (χ3v) is 1.75. The van der Waals surface area contributed by atoms with Crippen LogP contribution in [0.1, 0.15) is 19.3 Å². The topological polar surface area (TPSA) is 9.23 Å². The van der Waals surface area contributed by atoms with Crippen LogP contribution < -0.4 is 0 Å². The molecule has 0 spiro atoms. The predicted molar refractivity (Wildman–Crippen MR) is 38.4 cm³/mol. The van der Waals surface area contributed by atoms with Crippen molar-refractivity contribution in [2.75, 3.05) is 13.2 Å². The fourth-order valence-electron chi connectivity index (χ4n) is 1.23. The van der Waals surface area contributed by atoms with Crippen molar-refractivity contribution >= 4 is 0 Å². The second kappa shape index (κ2) is 3.67. The van der Waals surface area contributed by atoms with Gasteiger partial charge in [0.05, 0.1) is 0 Å². The summed E-state index contributed by atoms with van der Waals surface area (Å²) in [6.45, 7) is 5.62. The monoisotopic (exact) mass is 126 g/mol. The van der Waals surface area contributed by atoms with Gasteiger partial charge in [0.2, 0.25) is 0 Å². The Morgan fingerprint density at radius 1 is 1.67 bits per heavy atom. The van der Waals surface area contributed by atoms with Crippen LogP contribution in [0.3, 0.4) is 0 Å². The maximum atomic E-state index is 5.29. The largest absolute Gasteiger partial charge is 0.381 e. The van der Waals surface area contributed by atoms with Gasteiger partial charge in [-0.3, -0.25) is 0 Å². The molecule has 1 atom stereocenters. The Morgan fingerprint density at radius 2 is 2.56 bits per heavy atom. The van der Waals surface area contributed by atoms with E-state index >= 15 is 0 Å². The van der Waals surface area contributed by atoms with Crippen molar-refractivity contribution in [1.29, 1.82) is 0 Å². The Kier molecular flexibility index (Phi) is 2.78. The summed E-state index contributed by atoms with van der Waals surface area (Å²) < 4.78 is 5.29. The van der Waals surface area contributed by atoms with Gasteiger partial charge in [-0.2, -0.15) is 0 Å². The maximum Gasteiger partial charge on any atom is 0.0497 e. The minimum absolute atomic E-state index is 0.760. The molecule has 0 N–H and O–H groups in total. The number of allylic oxidation sites excluding steroid dienone is 1. The Bertz CT molecular complexity index is 82.6. The zero-order valence-corrected chi connectivity index (χ0v) is 5.81. The highest BCUT2D eigenvalue weighted by atomic mass is 16.5. The van der Waals surface area contributed by atoms with Crippen LogP contribution >= 0.6 is 0 Å². The molecule has 0 saturated carbocycles. The molecular formula is C8H14O. The maximum absolute atomic E-state index is 5.29. The molecule has 0 unspecified atom stereocenters. The van der Waals surface area contributed by atoms with E-state index < -0.39 is 0 Å². The molecule has 0 aliphatic carbocycles. The van der Waals surface area contributed by atoms with Crippen molar-refractivity contribution in [2.45, 2.75) is 19.3 Å². The molecule has 1 rings (SSSR count). The predicted octanol–water partition coefficient (Wildman–Crippen LogP) is 1.99. The summed E-state index contributed by atoms with van der Waals surface area (Å²) >= 11 is 0. The zero-order valence-electron chi connectivity index (χ0n) is 5.81. The van der Waals surface area contributed by atoms with Crippen LogP contribution in [0, 0.1) is 5.92 Å². The smallest absolute Gasteiger partial charge is 0.0497 e. The van der Waals surface area contributed by atoms with Crippen LogP contribution in [-0.4, -0.2) is 13.2 Å². The second-order valence-electron chi connectivity index (χ2n) is 2.61. The van der Waals surface area contributed by atoms with Crippen molar-refractivity contribution in [3.63, 3.8) is 0 Å². The van der Waals surface area contributed by atoms with E-state index in [9.17, 15) is 0 Å². The summed E-state index contributed by atoms with van der Waals surface area (Å²) in [5.41, 5.74) is 0. The number of ether oxygens (including phenoxy) is 1. The van der Waals surface area contributed by atoms with Crippen LogP contribution in [0.2, 0.25) is 0 Å². The molecule has 0 aromatic rings. The van der Waals surface area contributed by atoms with Crippen LogP contribution in [-0.2, 0) is 4.74 Å². The van der Waals surface area contributed by atoms with Gasteiger partial charge in [0, 0.05) is 13.2 Å². The first-order chi connectivity index (χ1) is 4.43. The van der Waals surface area contributed by atoms with Crippen molar-refractivity contribution < 1.29 is 4.74 Å². The summed E-state index contributed by atoms with van der Waals surface area (Å²) in [6.07, 6.45) is 5.67. The average molecular weight is 126 g/mol. The van der Waals surface area contributed by atoms with E-state index in [4.69, 9.17) is 4.74 Å². The first-order valence-corrected chi connectivity index (χ1v) is 3.62. The fraction of sp³-hybridized carbons (Fsp3) is 0.750. The summed E-state index contributed by atoms with van der Waals surface area (Å²) in [4.78, 5) is 0. The Balaban J connectivity index is 2.15. The molecule has 1 aliphatic rings. The lowest BCUT2D eigenvalue weighted by Crippen LogP contribution is -2.16. The third kappa shape index (κ3) is 2.19. The lowest BCUT2D eigenvalue weighted by molar-refractivity contribution is 0.0560. The second-order valence-corrected chi connectivity index (χ2v) is 2.61. The first kappa shape index (κ1) is 6.81. The van der Waals surface area contributed by atoms with Crippen molar-refractivity contribution in [2.24, 2.45) is 5.92 Å². The van der Waals surface area contributed by atoms with Crippen LogP contribution in [0.15, 0.2) is 12.7 Å². The van der Waals surface area contributed by atoms with Gasteiger partial charge >= 0.3 is 0 Å². The van der Waals surface area contributed by atoms with E-state index in [1.807, 2.05) is 6.08 Å². The SMILES string of the molecule is C=CC[C@H]1CCCOC1. The van der Waals surface area contributed by atoms with Gasteiger partial charge in [-0.1, -0.05) is 6.08 Å². The van der Waals surface area contributed by atoms with Gasteiger partial charge in [-0.25, -0.2) is 0 Å². The Labute approximate surface area is 56.7 Å². The van der Waals surface area contributed by atoms with E-state index in [2.05, 4.69) is 6.58 Å². The number of hydrogen-bond donors (Lipinski definition) is 0. The third-order valence-electron chi connectivity index (χ3n) is 1.75. The lowest BCUT2D eigenvalue weighted by Gasteiger charge is -2.20. The Morgan fingerprint density at radius 3 is 3.11 bits per heavy atom. The zero-order chi connectivity index (χ0) is 6.53. The molecule has 0 aromatic heterocycles. The van der Waals surface area contributed by atoms with Crippen molar-refractivity contribution in [1.82, 2.24) is 0 Å². The highest BCUT2D eigenvalue weighted by Gasteiger charge is 2.10. The molecule has 1 nitrogen and oxygen atoms in total. The molecule has 1 aliphatic heterocycles.